The lowest BCUT2D eigenvalue weighted by molar-refractivity contribution is -0.131. The van der Waals surface area contributed by atoms with Crippen LogP contribution < -0.4 is 4.74 Å². The molecule has 0 atom stereocenters. The van der Waals surface area contributed by atoms with Crippen LogP contribution in [-0.2, 0) is 22.7 Å². The maximum Gasteiger partial charge on any atom is 0.222 e. The number of para-hydroxylation sites is 1. The molecule has 0 radical (unpaired) electrons. The van der Waals surface area contributed by atoms with Gasteiger partial charge in [-0.15, -0.1) is 0 Å². The lowest BCUT2D eigenvalue weighted by Gasteiger charge is -2.34. The number of ether oxygens (including phenoxy) is 2. The van der Waals surface area contributed by atoms with Gasteiger partial charge < -0.3 is 14.4 Å². The molecule has 172 valence electrons. The Morgan fingerprint density at radius 3 is 2.48 bits per heavy atom. The zero-order valence-corrected chi connectivity index (χ0v) is 19.3. The van der Waals surface area contributed by atoms with Crippen molar-refractivity contribution in [2.45, 2.75) is 70.8 Å². The van der Waals surface area contributed by atoms with Crippen molar-refractivity contribution in [3.8, 4) is 5.75 Å². The van der Waals surface area contributed by atoms with E-state index in [4.69, 9.17) is 14.5 Å². The first-order chi connectivity index (χ1) is 16.2. The van der Waals surface area contributed by atoms with E-state index in [2.05, 4.69) is 30.0 Å². The zero-order chi connectivity index (χ0) is 22.6. The van der Waals surface area contributed by atoms with Crippen LogP contribution in [0.15, 0.2) is 54.6 Å². The van der Waals surface area contributed by atoms with Gasteiger partial charge in [-0.05, 0) is 56.7 Å². The van der Waals surface area contributed by atoms with E-state index in [9.17, 15) is 4.79 Å². The smallest absolute Gasteiger partial charge is 0.222 e. The number of carbonyl (C=O) groups excluding carboxylic acids is 1. The highest BCUT2D eigenvalue weighted by molar-refractivity contribution is 5.86. The average Bonchev–Trinajstić information content (AvgIpc) is 3.29. The van der Waals surface area contributed by atoms with E-state index in [1.54, 1.807) is 0 Å². The summed E-state index contributed by atoms with van der Waals surface area (Å²) in [7, 11) is 0. The molecule has 5 heteroatoms. The molecule has 33 heavy (non-hydrogen) atoms. The van der Waals surface area contributed by atoms with Crippen LogP contribution in [-0.4, -0.2) is 34.5 Å². The molecule has 1 aliphatic carbocycles. The van der Waals surface area contributed by atoms with Crippen molar-refractivity contribution in [3.63, 3.8) is 0 Å². The van der Waals surface area contributed by atoms with E-state index in [0.717, 1.165) is 78.5 Å². The Labute approximate surface area is 195 Å². The van der Waals surface area contributed by atoms with Gasteiger partial charge in [0.2, 0.25) is 5.91 Å². The van der Waals surface area contributed by atoms with Gasteiger partial charge >= 0.3 is 0 Å². The molecule has 2 fully saturated rings. The number of pyridine rings is 1. The minimum atomic E-state index is 0.223. The third-order valence-corrected chi connectivity index (χ3v) is 7.05. The highest BCUT2D eigenvalue weighted by Crippen LogP contribution is 2.33. The second-order valence-corrected chi connectivity index (χ2v) is 9.24. The minimum Gasteiger partial charge on any atom is -0.488 e. The molecule has 5 nitrogen and oxygen atoms in total. The molecule has 2 aliphatic rings. The fourth-order valence-corrected chi connectivity index (χ4v) is 5.16. The van der Waals surface area contributed by atoms with E-state index in [1.807, 2.05) is 36.4 Å². The average molecular weight is 445 g/mol. The molecule has 2 heterocycles. The van der Waals surface area contributed by atoms with E-state index >= 15 is 0 Å². The molecule has 1 aromatic heterocycles. The van der Waals surface area contributed by atoms with Crippen molar-refractivity contribution in [2.75, 3.05) is 6.54 Å². The third-order valence-electron chi connectivity index (χ3n) is 7.05. The van der Waals surface area contributed by atoms with Crippen LogP contribution >= 0.6 is 0 Å². The summed E-state index contributed by atoms with van der Waals surface area (Å²) in [6.45, 7) is 4.01. The van der Waals surface area contributed by atoms with Crippen molar-refractivity contribution in [3.05, 3.63) is 71.4 Å². The first-order valence-electron chi connectivity index (χ1n) is 12.1. The van der Waals surface area contributed by atoms with E-state index < -0.39 is 0 Å². The summed E-state index contributed by atoms with van der Waals surface area (Å²) in [5.74, 6) is 1.22. The molecule has 0 bridgehead atoms. The molecule has 1 aliphatic heterocycles. The molecule has 1 saturated carbocycles. The number of benzene rings is 2. The normalized spacial score (nSPS) is 21.0. The highest BCUT2D eigenvalue weighted by Gasteiger charge is 2.31. The van der Waals surface area contributed by atoms with Crippen LogP contribution in [0.3, 0.4) is 0 Å². The number of nitrogens with zero attached hydrogens (tertiary/aromatic N) is 2. The van der Waals surface area contributed by atoms with Gasteiger partial charge in [0.15, 0.2) is 0 Å². The number of likely N-dealkylation sites (tertiary alicyclic amines) is 1. The molecule has 0 N–H and O–H groups in total. The Morgan fingerprint density at radius 2 is 1.73 bits per heavy atom. The van der Waals surface area contributed by atoms with Gasteiger partial charge in [-0.2, -0.15) is 0 Å². The number of aromatic nitrogens is 1. The predicted molar refractivity (Wildman–Crippen MR) is 129 cm³/mol. The molecule has 5 rings (SSSR count). The maximum atomic E-state index is 12.1. The fourth-order valence-electron chi connectivity index (χ4n) is 5.16. The molecule has 1 amide bonds. The van der Waals surface area contributed by atoms with Crippen LogP contribution in [0, 0.1) is 6.92 Å². The van der Waals surface area contributed by atoms with Gasteiger partial charge in [0, 0.05) is 30.0 Å². The van der Waals surface area contributed by atoms with Gasteiger partial charge in [-0.25, -0.2) is 4.98 Å². The molecule has 0 unspecified atom stereocenters. The largest absolute Gasteiger partial charge is 0.488 e. The van der Waals surface area contributed by atoms with Gasteiger partial charge in [0.1, 0.15) is 12.4 Å². The Hall–Kier alpha value is -2.92. The van der Waals surface area contributed by atoms with Crippen LogP contribution in [0.1, 0.15) is 55.3 Å². The molecule has 2 aromatic carbocycles. The van der Waals surface area contributed by atoms with Crippen molar-refractivity contribution in [1.82, 2.24) is 9.88 Å². The number of hydrogen-bond acceptors (Lipinski definition) is 4. The van der Waals surface area contributed by atoms with E-state index in [1.165, 1.54) is 0 Å². The summed E-state index contributed by atoms with van der Waals surface area (Å²) >= 11 is 0. The summed E-state index contributed by atoms with van der Waals surface area (Å²) in [6.07, 6.45) is 6.02. The van der Waals surface area contributed by atoms with Crippen molar-refractivity contribution in [1.29, 1.82) is 0 Å². The van der Waals surface area contributed by atoms with Crippen LogP contribution in [0.5, 0.6) is 5.75 Å². The standard InChI is InChI=1S/C28H32N2O3/c1-20-26(19-32-23-15-13-22(14-16-23)30-17-7-12-27(30)31)29-25-11-6-5-10-24(25)28(20)33-18-21-8-3-2-4-9-21/h2-6,8-11,22-23H,7,12-19H2,1H3. The number of amides is 1. The van der Waals surface area contributed by atoms with Crippen molar-refractivity contribution in [2.24, 2.45) is 0 Å². The Morgan fingerprint density at radius 1 is 0.970 bits per heavy atom. The van der Waals surface area contributed by atoms with Gasteiger partial charge in [-0.3, -0.25) is 4.79 Å². The lowest BCUT2D eigenvalue weighted by Crippen LogP contribution is -2.40. The van der Waals surface area contributed by atoms with Crippen LogP contribution in [0.25, 0.3) is 10.9 Å². The summed E-state index contributed by atoms with van der Waals surface area (Å²) in [5, 5.41) is 1.03. The highest BCUT2D eigenvalue weighted by atomic mass is 16.5. The second-order valence-electron chi connectivity index (χ2n) is 9.24. The van der Waals surface area contributed by atoms with Gasteiger partial charge in [-0.1, -0.05) is 42.5 Å². The predicted octanol–water partition coefficient (Wildman–Crippen LogP) is 5.57. The molecule has 3 aromatic rings. The number of fused-ring (bicyclic) bond motifs is 1. The van der Waals surface area contributed by atoms with Crippen molar-refractivity contribution < 1.29 is 14.3 Å². The van der Waals surface area contributed by atoms with E-state index in [0.29, 0.717) is 25.2 Å². The molecule has 1 saturated heterocycles. The monoisotopic (exact) mass is 444 g/mol. The van der Waals surface area contributed by atoms with Crippen LogP contribution in [0.4, 0.5) is 0 Å². The van der Waals surface area contributed by atoms with E-state index in [-0.39, 0.29) is 6.10 Å². The number of hydrogen-bond donors (Lipinski definition) is 0. The molecular formula is C28H32N2O3. The van der Waals surface area contributed by atoms with Crippen molar-refractivity contribution >= 4 is 16.8 Å². The maximum absolute atomic E-state index is 12.1. The Bertz CT molecular complexity index is 1110. The van der Waals surface area contributed by atoms with Gasteiger partial charge in [0.25, 0.3) is 0 Å². The Kier molecular flexibility index (Phi) is 6.58. The topological polar surface area (TPSA) is 51.7 Å². The van der Waals surface area contributed by atoms with Gasteiger partial charge in [0.05, 0.1) is 23.9 Å². The first kappa shape index (κ1) is 21.9. The summed E-state index contributed by atoms with van der Waals surface area (Å²) in [5.41, 5.74) is 4.06. The zero-order valence-electron chi connectivity index (χ0n) is 19.3. The Balaban J connectivity index is 1.26. The molecular weight excluding hydrogens is 412 g/mol. The SMILES string of the molecule is Cc1c(COC2CCC(N3CCCC3=O)CC2)nc2ccccc2c1OCc1ccccc1. The summed E-state index contributed by atoms with van der Waals surface area (Å²) in [6, 6.07) is 18.8. The second kappa shape index (κ2) is 9.92. The molecule has 0 spiro atoms. The lowest BCUT2D eigenvalue weighted by atomic mass is 9.92. The van der Waals surface area contributed by atoms with Crippen LogP contribution in [0.2, 0.25) is 0 Å². The first-order valence-corrected chi connectivity index (χ1v) is 12.1. The minimum absolute atomic E-state index is 0.223. The fraction of sp³-hybridized carbons (Fsp3) is 0.429. The quantitative estimate of drug-likeness (QED) is 0.478. The third kappa shape index (κ3) is 4.88. The summed E-state index contributed by atoms with van der Waals surface area (Å²) in [4.78, 5) is 19.1. The number of carbonyl (C=O) groups is 1. The number of rotatable bonds is 7. The summed E-state index contributed by atoms with van der Waals surface area (Å²) < 4.78 is 12.6.